The molecular formula is C19H21N3O. The van der Waals surface area contributed by atoms with Crippen molar-refractivity contribution >= 4 is 22.5 Å². The Hall–Kier alpha value is -2.75. The minimum absolute atomic E-state index is 0.0369. The van der Waals surface area contributed by atoms with Gasteiger partial charge in [0.1, 0.15) is 5.69 Å². The Morgan fingerprint density at radius 2 is 1.78 bits per heavy atom. The summed E-state index contributed by atoms with van der Waals surface area (Å²) < 4.78 is 1.94. The summed E-state index contributed by atoms with van der Waals surface area (Å²) in [5.41, 5.74) is 2.90. The first-order valence-electron chi connectivity index (χ1n) is 7.75. The minimum atomic E-state index is -0.0369. The van der Waals surface area contributed by atoms with Crippen LogP contribution in [0.5, 0.6) is 0 Å². The van der Waals surface area contributed by atoms with Crippen LogP contribution in [0.15, 0.2) is 60.7 Å². The summed E-state index contributed by atoms with van der Waals surface area (Å²) in [6.07, 6.45) is 0. The predicted octanol–water partition coefficient (Wildman–Crippen LogP) is 3.04. The van der Waals surface area contributed by atoms with E-state index in [9.17, 15) is 4.79 Å². The molecule has 4 nitrogen and oxygen atoms in total. The van der Waals surface area contributed by atoms with E-state index >= 15 is 0 Å². The van der Waals surface area contributed by atoms with Crippen molar-refractivity contribution in [3.05, 3.63) is 66.4 Å². The third-order valence-electron chi connectivity index (χ3n) is 4.11. The zero-order valence-corrected chi connectivity index (χ0v) is 13.5. The second-order valence-electron chi connectivity index (χ2n) is 5.66. The largest absolute Gasteiger partial charge is 0.373 e. The van der Waals surface area contributed by atoms with Crippen LogP contribution in [0.3, 0.4) is 0 Å². The molecule has 0 radical (unpaired) electrons. The van der Waals surface area contributed by atoms with Crippen molar-refractivity contribution in [3.8, 4) is 0 Å². The number of para-hydroxylation sites is 2. The molecule has 0 atom stereocenters. The summed E-state index contributed by atoms with van der Waals surface area (Å²) in [4.78, 5) is 14.5. The summed E-state index contributed by atoms with van der Waals surface area (Å²) >= 11 is 0. The van der Waals surface area contributed by atoms with Gasteiger partial charge in [0, 0.05) is 43.8 Å². The van der Waals surface area contributed by atoms with Crippen LogP contribution in [0.4, 0.5) is 5.69 Å². The molecule has 1 aromatic heterocycles. The van der Waals surface area contributed by atoms with Gasteiger partial charge in [-0.2, -0.15) is 0 Å². The maximum Gasteiger partial charge on any atom is 0.267 e. The third kappa shape index (κ3) is 3.21. The number of anilines is 1. The van der Waals surface area contributed by atoms with Gasteiger partial charge in [-0.25, -0.2) is 0 Å². The van der Waals surface area contributed by atoms with Crippen LogP contribution < -0.4 is 10.2 Å². The third-order valence-corrected chi connectivity index (χ3v) is 4.11. The molecule has 0 aliphatic rings. The lowest BCUT2D eigenvalue weighted by Gasteiger charge is -2.19. The Morgan fingerprint density at radius 1 is 1.09 bits per heavy atom. The fourth-order valence-electron chi connectivity index (χ4n) is 2.75. The van der Waals surface area contributed by atoms with Crippen LogP contribution in [0.1, 0.15) is 10.5 Å². The average molecular weight is 307 g/mol. The van der Waals surface area contributed by atoms with E-state index in [2.05, 4.69) is 22.3 Å². The number of nitrogens with zero attached hydrogens (tertiary/aromatic N) is 2. The second-order valence-corrected chi connectivity index (χ2v) is 5.66. The Balaban J connectivity index is 1.62. The molecular weight excluding hydrogens is 286 g/mol. The first-order valence-corrected chi connectivity index (χ1v) is 7.75. The smallest absolute Gasteiger partial charge is 0.267 e. The zero-order valence-electron chi connectivity index (χ0n) is 13.5. The van der Waals surface area contributed by atoms with E-state index in [1.54, 1.807) is 0 Å². The van der Waals surface area contributed by atoms with Gasteiger partial charge in [-0.05, 0) is 24.3 Å². The van der Waals surface area contributed by atoms with E-state index in [1.165, 1.54) is 0 Å². The average Bonchev–Trinajstić information content (AvgIpc) is 2.93. The highest BCUT2D eigenvalue weighted by molar-refractivity contribution is 5.98. The zero-order chi connectivity index (χ0) is 16.2. The number of fused-ring (bicyclic) bond motifs is 1. The Bertz CT molecular complexity index is 808. The molecule has 3 aromatic rings. The number of nitrogens with one attached hydrogen (secondary N) is 1. The number of carbonyl (C=O) groups excluding carboxylic acids is 1. The van der Waals surface area contributed by atoms with Crippen molar-refractivity contribution in [3.63, 3.8) is 0 Å². The number of likely N-dealkylation sites (N-methyl/N-ethyl adjacent to an activating group) is 1. The monoisotopic (exact) mass is 307 g/mol. The molecule has 3 rings (SSSR count). The van der Waals surface area contributed by atoms with E-state index in [4.69, 9.17) is 0 Å². The molecule has 0 aliphatic heterocycles. The highest BCUT2D eigenvalue weighted by Crippen LogP contribution is 2.18. The second kappa shape index (κ2) is 6.57. The molecule has 0 unspecified atom stereocenters. The number of carbonyl (C=O) groups is 1. The molecule has 4 heteroatoms. The maximum atomic E-state index is 12.4. The van der Waals surface area contributed by atoms with Crippen LogP contribution in [0, 0.1) is 0 Å². The van der Waals surface area contributed by atoms with Gasteiger partial charge >= 0.3 is 0 Å². The normalized spacial score (nSPS) is 10.7. The molecule has 0 bridgehead atoms. The van der Waals surface area contributed by atoms with Crippen molar-refractivity contribution in [2.45, 2.75) is 0 Å². The summed E-state index contributed by atoms with van der Waals surface area (Å²) in [6, 6.07) is 20.1. The standard InChI is InChI=1S/C19H21N3O/c1-21(16-9-4-3-5-10-16)13-12-20-19(23)18-14-15-8-6-7-11-17(15)22(18)2/h3-11,14H,12-13H2,1-2H3,(H,20,23). The Labute approximate surface area is 136 Å². The number of benzene rings is 2. The van der Waals surface area contributed by atoms with E-state index < -0.39 is 0 Å². The van der Waals surface area contributed by atoms with Gasteiger partial charge in [-0.15, -0.1) is 0 Å². The lowest BCUT2D eigenvalue weighted by Crippen LogP contribution is -2.33. The number of hydrogen-bond acceptors (Lipinski definition) is 2. The summed E-state index contributed by atoms with van der Waals surface area (Å²) in [5.74, 6) is -0.0369. The van der Waals surface area contributed by atoms with Crippen molar-refractivity contribution in [2.24, 2.45) is 7.05 Å². The molecule has 2 aromatic carbocycles. The SMILES string of the molecule is CN(CCNC(=O)c1cc2ccccc2n1C)c1ccccc1. The molecule has 23 heavy (non-hydrogen) atoms. The molecule has 1 N–H and O–H groups in total. The van der Waals surface area contributed by atoms with E-state index in [0.717, 1.165) is 23.1 Å². The van der Waals surface area contributed by atoms with Crippen molar-refractivity contribution in [1.29, 1.82) is 0 Å². The molecule has 0 saturated heterocycles. The van der Waals surface area contributed by atoms with Gasteiger partial charge in [0.25, 0.3) is 5.91 Å². The van der Waals surface area contributed by atoms with Crippen LogP contribution in [-0.2, 0) is 7.05 Å². The molecule has 0 spiro atoms. The van der Waals surface area contributed by atoms with Crippen LogP contribution >= 0.6 is 0 Å². The fourth-order valence-corrected chi connectivity index (χ4v) is 2.75. The summed E-state index contributed by atoms with van der Waals surface area (Å²) in [7, 11) is 3.95. The molecule has 0 aliphatic carbocycles. The number of amides is 1. The lowest BCUT2D eigenvalue weighted by atomic mass is 10.2. The highest BCUT2D eigenvalue weighted by Gasteiger charge is 2.12. The first kappa shape index (κ1) is 15.2. The lowest BCUT2D eigenvalue weighted by molar-refractivity contribution is 0.0947. The molecule has 0 fully saturated rings. The maximum absolute atomic E-state index is 12.4. The fraction of sp³-hybridized carbons (Fsp3) is 0.211. The number of hydrogen-bond donors (Lipinski definition) is 1. The minimum Gasteiger partial charge on any atom is -0.373 e. The van der Waals surface area contributed by atoms with E-state index in [1.807, 2.05) is 67.2 Å². The number of aryl methyl sites for hydroxylation is 1. The topological polar surface area (TPSA) is 37.3 Å². The van der Waals surface area contributed by atoms with Crippen LogP contribution in [0.25, 0.3) is 10.9 Å². The Morgan fingerprint density at radius 3 is 2.52 bits per heavy atom. The molecule has 1 amide bonds. The summed E-state index contributed by atoms with van der Waals surface area (Å²) in [6.45, 7) is 1.37. The highest BCUT2D eigenvalue weighted by atomic mass is 16.1. The molecule has 118 valence electrons. The molecule has 1 heterocycles. The van der Waals surface area contributed by atoms with Crippen molar-refractivity contribution in [1.82, 2.24) is 9.88 Å². The Kier molecular flexibility index (Phi) is 4.33. The van der Waals surface area contributed by atoms with Gasteiger partial charge in [0.15, 0.2) is 0 Å². The van der Waals surface area contributed by atoms with Gasteiger partial charge in [-0.1, -0.05) is 36.4 Å². The van der Waals surface area contributed by atoms with Gasteiger partial charge < -0.3 is 14.8 Å². The number of rotatable bonds is 5. The van der Waals surface area contributed by atoms with Gasteiger partial charge in [0.2, 0.25) is 0 Å². The van der Waals surface area contributed by atoms with E-state index in [0.29, 0.717) is 12.2 Å². The van der Waals surface area contributed by atoms with Crippen LogP contribution in [0.2, 0.25) is 0 Å². The molecule has 0 saturated carbocycles. The van der Waals surface area contributed by atoms with Crippen molar-refractivity contribution < 1.29 is 4.79 Å². The number of aromatic nitrogens is 1. The van der Waals surface area contributed by atoms with Crippen molar-refractivity contribution in [2.75, 3.05) is 25.0 Å². The van der Waals surface area contributed by atoms with Gasteiger partial charge in [0.05, 0.1) is 0 Å². The predicted molar refractivity (Wildman–Crippen MR) is 95.0 cm³/mol. The quantitative estimate of drug-likeness (QED) is 0.786. The summed E-state index contributed by atoms with van der Waals surface area (Å²) in [5, 5.41) is 4.08. The first-order chi connectivity index (χ1) is 11.2. The van der Waals surface area contributed by atoms with E-state index in [-0.39, 0.29) is 5.91 Å². The van der Waals surface area contributed by atoms with Gasteiger partial charge in [-0.3, -0.25) is 4.79 Å². The van der Waals surface area contributed by atoms with Crippen LogP contribution in [-0.4, -0.2) is 30.6 Å².